The molecule has 2 unspecified atom stereocenters. The molecule has 0 amide bonds. The molecule has 0 nitrogen and oxygen atoms in total. The maximum absolute atomic E-state index is 3.78. The number of benzene rings is 1. The predicted molar refractivity (Wildman–Crippen MR) is 68.0 cm³/mol. The SMILES string of the molecule is BrC1C=CC=CC1(Br)c1ccccc1. The molecule has 0 saturated carbocycles. The second-order valence-corrected chi connectivity index (χ2v) is 5.58. The molecule has 0 aliphatic heterocycles. The zero-order valence-corrected chi connectivity index (χ0v) is 10.7. The van der Waals surface area contributed by atoms with E-state index in [1.807, 2.05) is 6.07 Å². The van der Waals surface area contributed by atoms with Crippen molar-refractivity contribution in [2.24, 2.45) is 0 Å². The summed E-state index contributed by atoms with van der Waals surface area (Å²) < 4.78 is -0.108. The minimum Gasteiger partial charge on any atom is -0.0823 e. The van der Waals surface area contributed by atoms with Crippen molar-refractivity contribution in [1.82, 2.24) is 0 Å². The van der Waals surface area contributed by atoms with Crippen molar-refractivity contribution in [2.75, 3.05) is 0 Å². The van der Waals surface area contributed by atoms with Gasteiger partial charge in [-0.05, 0) is 5.56 Å². The summed E-state index contributed by atoms with van der Waals surface area (Å²) in [7, 11) is 0. The lowest BCUT2D eigenvalue weighted by Gasteiger charge is -2.30. The molecule has 2 atom stereocenters. The Morgan fingerprint density at radius 1 is 1.07 bits per heavy atom. The van der Waals surface area contributed by atoms with Crippen LogP contribution < -0.4 is 0 Å². The quantitative estimate of drug-likeness (QED) is 0.683. The van der Waals surface area contributed by atoms with Gasteiger partial charge in [0.15, 0.2) is 0 Å². The van der Waals surface area contributed by atoms with Crippen LogP contribution >= 0.6 is 31.9 Å². The predicted octanol–water partition coefficient (Wildman–Crippen LogP) is 4.17. The molecule has 0 spiro atoms. The van der Waals surface area contributed by atoms with Crippen LogP contribution in [-0.2, 0) is 4.32 Å². The molecule has 14 heavy (non-hydrogen) atoms. The highest BCUT2D eigenvalue weighted by atomic mass is 79.9. The number of allylic oxidation sites excluding steroid dienone is 4. The minimum absolute atomic E-state index is 0.108. The summed E-state index contributed by atoms with van der Waals surface area (Å²) in [5.74, 6) is 0. The standard InChI is InChI=1S/C12H10Br2/c13-11-8-4-5-9-12(11,14)10-6-2-1-3-7-10/h1-9,11H. The van der Waals surface area contributed by atoms with Crippen LogP contribution in [0.3, 0.4) is 0 Å². The Hall–Kier alpha value is -0.340. The summed E-state index contributed by atoms with van der Waals surface area (Å²) in [6.45, 7) is 0. The van der Waals surface area contributed by atoms with Crippen molar-refractivity contribution in [1.29, 1.82) is 0 Å². The lowest BCUT2D eigenvalue weighted by atomic mass is 9.92. The number of hydrogen-bond donors (Lipinski definition) is 0. The Balaban J connectivity index is 2.42. The smallest absolute Gasteiger partial charge is 0.0823 e. The van der Waals surface area contributed by atoms with E-state index < -0.39 is 0 Å². The highest BCUT2D eigenvalue weighted by Crippen LogP contribution is 2.42. The Labute approximate surface area is 101 Å². The molecule has 0 heterocycles. The van der Waals surface area contributed by atoms with Crippen LogP contribution in [0.25, 0.3) is 0 Å². The summed E-state index contributed by atoms with van der Waals surface area (Å²) >= 11 is 7.45. The normalized spacial score (nSPS) is 30.6. The van der Waals surface area contributed by atoms with Gasteiger partial charge in [-0.15, -0.1) is 0 Å². The van der Waals surface area contributed by atoms with E-state index in [2.05, 4.69) is 80.4 Å². The maximum Gasteiger partial charge on any atom is 0.0848 e. The zero-order valence-electron chi connectivity index (χ0n) is 7.53. The second kappa shape index (κ2) is 4.03. The molecule has 0 fully saturated rings. The fraction of sp³-hybridized carbons (Fsp3) is 0.167. The molecular formula is C12H10Br2. The van der Waals surface area contributed by atoms with E-state index in [9.17, 15) is 0 Å². The van der Waals surface area contributed by atoms with Gasteiger partial charge in [0.05, 0.1) is 9.15 Å². The molecule has 0 radical (unpaired) electrons. The van der Waals surface area contributed by atoms with E-state index >= 15 is 0 Å². The van der Waals surface area contributed by atoms with Gasteiger partial charge < -0.3 is 0 Å². The van der Waals surface area contributed by atoms with Gasteiger partial charge in [-0.3, -0.25) is 0 Å². The van der Waals surface area contributed by atoms with Gasteiger partial charge in [0.1, 0.15) is 0 Å². The molecule has 2 heteroatoms. The fourth-order valence-electron chi connectivity index (χ4n) is 1.54. The molecule has 2 rings (SSSR count). The van der Waals surface area contributed by atoms with E-state index in [-0.39, 0.29) is 4.32 Å². The van der Waals surface area contributed by atoms with Crippen molar-refractivity contribution in [3.63, 3.8) is 0 Å². The lowest BCUT2D eigenvalue weighted by molar-refractivity contribution is 0.824. The van der Waals surface area contributed by atoms with Crippen LogP contribution in [0.2, 0.25) is 0 Å². The zero-order chi connectivity index (χ0) is 10.0. The first-order chi connectivity index (χ1) is 6.73. The van der Waals surface area contributed by atoms with Crippen LogP contribution in [0.15, 0.2) is 54.6 Å². The van der Waals surface area contributed by atoms with Crippen molar-refractivity contribution in [2.45, 2.75) is 9.15 Å². The minimum atomic E-state index is -0.108. The molecule has 0 aromatic heterocycles. The first kappa shape index (κ1) is 10.2. The fourth-order valence-corrected chi connectivity index (χ4v) is 2.70. The van der Waals surface area contributed by atoms with E-state index in [0.717, 1.165) is 0 Å². The van der Waals surface area contributed by atoms with Crippen LogP contribution in [0.4, 0.5) is 0 Å². The van der Waals surface area contributed by atoms with Crippen molar-refractivity contribution >= 4 is 31.9 Å². The van der Waals surface area contributed by atoms with Gasteiger partial charge in [-0.2, -0.15) is 0 Å². The van der Waals surface area contributed by atoms with Gasteiger partial charge in [0.25, 0.3) is 0 Å². The third-order valence-corrected chi connectivity index (χ3v) is 5.20. The summed E-state index contributed by atoms with van der Waals surface area (Å²) in [5, 5.41) is 0. The number of alkyl halides is 2. The third-order valence-electron chi connectivity index (χ3n) is 2.35. The molecule has 72 valence electrons. The van der Waals surface area contributed by atoms with Gasteiger partial charge in [0, 0.05) is 0 Å². The van der Waals surface area contributed by atoms with E-state index in [4.69, 9.17) is 0 Å². The lowest BCUT2D eigenvalue weighted by Crippen LogP contribution is -2.26. The Morgan fingerprint density at radius 3 is 2.43 bits per heavy atom. The summed E-state index contributed by atoms with van der Waals surface area (Å²) in [6.07, 6.45) is 8.44. The highest BCUT2D eigenvalue weighted by Gasteiger charge is 2.33. The average Bonchev–Trinajstić information content (AvgIpc) is 2.24. The van der Waals surface area contributed by atoms with Gasteiger partial charge in [0.2, 0.25) is 0 Å². The largest absolute Gasteiger partial charge is 0.0848 e. The molecule has 0 saturated heterocycles. The molecule has 1 aliphatic carbocycles. The van der Waals surface area contributed by atoms with Gasteiger partial charge >= 0.3 is 0 Å². The highest BCUT2D eigenvalue weighted by molar-refractivity contribution is 9.12. The first-order valence-electron chi connectivity index (χ1n) is 4.48. The topological polar surface area (TPSA) is 0 Å². The van der Waals surface area contributed by atoms with Crippen LogP contribution in [-0.4, -0.2) is 4.83 Å². The molecular weight excluding hydrogens is 304 g/mol. The number of hydrogen-bond acceptors (Lipinski definition) is 0. The molecule has 1 aromatic carbocycles. The van der Waals surface area contributed by atoms with Crippen molar-refractivity contribution in [3.8, 4) is 0 Å². The molecule has 1 aliphatic rings. The van der Waals surface area contributed by atoms with Gasteiger partial charge in [-0.25, -0.2) is 0 Å². The van der Waals surface area contributed by atoms with Crippen molar-refractivity contribution in [3.05, 3.63) is 60.2 Å². The molecule has 0 bridgehead atoms. The monoisotopic (exact) mass is 312 g/mol. The van der Waals surface area contributed by atoms with E-state index in [0.29, 0.717) is 4.83 Å². The maximum atomic E-state index is 3.78. The van der Waals surface area contributed by atoms with E-state index in [1.165, 1.54) is 5.56 Å². The Bertz CT molecular complexity index is 367. The number of rotatable bonds is 1. The third kappa shape index (κ3) is 1.73. The van der Waals surface area contributed by atoms with Crippen molar-refractivity contribution < 1.29 is 0 Å². The molecule has 1 aromatic rings. The second-order valence-electron chi connectivity index (χ2n) is 3.28. The van der Waals surface area contributed by atoms with Crippen LogP contribution in [0.5, 0.6) is 0 Å². The van der Waals surface area contributed by atoms with Crippen LogP contribution in [0.1, 0.15) is 5.56 Å². The van der Waals surface area contributed by atoms with Gasteiger partial charge in [-0.1, -0.05) is 86.5 Å². The number of halogens is 2. The van der Waals surface area contributed by atoms with E-state index in [1.54, 1.807) is 0 Å². The average molecular weight is 314 g/mol. The summed E-state index contributed by atoms with van der Waals surface area (Å²) in [4.78, 5) is 0.294. The summed E-state index contributed by atoms with van der Waals surface area (Å²) in [6, 6.07) is 10.4. The first-order valence-corrected chi connectivity index (χ1v) is 6.19. The Kier molecular flexibility index (Phi) is 2.93. The van der Waals surface area contributed by atoms with Crippen LogP contribution in [0, 0.1) is 0 Å². The molecule has 0 N–H and O–H groups in total. The Morgan fingerprint density at radius 2 is 1.79 bits per heavy atom. The summed E-state index contributed by atoms with van der Waals surface area (Å²) in [5.41, 5.74) is 1.27.